The van der Waals surface area contributed by atoms with E-state index in [1.807, 2.05) is 11.8 Å². The molecule has 234 valence electrons. The van der Waals surface area contributed by atoms with E-state index in [0.29, 0.717) is 0 Å². The minimum Gasteiger partial charge on any atom is -0.308 e. The Morgan fingerprint density at radius 1 is 0.300 bits per heavy atom. The van der Waals surface area contributed by atoms with Crippen LogP contribution in [-0.2, 0) is 0 Å². The highest BCUT2D eigenvalue weighted by Gasteiger charge is 2.25. The quantitative estimate of drug-likeness (QED) is 0.174. The van der Waals surface area contributed by atoms with E-state index in [2.05, 4.69) is 193 Å². The van der Waals surface area contributed by atoms with Crippen LogP contribution in [0.3, 0.4) is 0 Å². The van der Waals surface area contributed by atoms with Crippen LogP contribution in [-0.4, -0.2) is 0 Å². The number of hydrogen-bond donors (Lipinski definition) is 0. The molecule has 0 saturated carbocycles. The average Bonchev–Trinajstić information content (AvgIpc) is 3.20. The van der Waals surface area contributed by atoms with Gasteiger partial charge in [-0.25, -0.2) is 0 Å². The van der Waals surface area contributed by atoms with E-state index in [4.69, 9.17) is 0 Å². The van der Waals surface area contributed by atoms with Gasteiger partial charge in [0, 0.05) is 15.5 Å². The number of benzene rings is 9. The zero-order valence-electron chi connectivity index (χ0n) is 27.3. The van der Waals surface area contributed by atoms with Gasteiger partial charge in [-0.05, 0) is 114 Å². The third-order valence-corrected chi connectivity index (χ3v) is 11.1. The molecule has 50 heavy (non-hydrogen) atoms. The summed E-state index contributed by atoms with van der Waals surface area (Å²) in [6, 6.07) is 68.9. The molecule has 0 atom stereocenters. The van der Waals surface area contributed by atoms with Crippen molar-refractivity contribution in [1.82, 2.24) is 0 Å². The fourth-order valence-electron chi connectivity index (χ4n) is 7.74. The van der Waals surface area contributed by atoms with Gasteiger partial charge in [-0.15, -0.1) is 0 Å². The van der Waals surface area contributed by atoms with Gasteiger partial charge in [0.15, 0.2) is 0 Å². The molecule has 0 bridgehead atoms. The van der Waals surface area contributed by atoms with Crippen molar-refractivity contribution in [2.24, 2.45) is 0 Å². The first kappa shape index (κ1) is 28.9. The molecule has 0 N–H and O–H groups in total. The molecule has 0 amide bonds. The highest BCUT2D eigenvalue weighted by atomic mass is 32.2. The highest BCUT2D eigenvalue weighted by molar-refractivity contribution is 7.99. The van der Waals surface area contributed by atoms with E-state index in [9.17, 15) is 0 Å². The van der Waals surface area contributed by atoms with Crippen molar-refractivity contribution in [1.29, 1.82) is 0 Å². The lowest BCUT2D eigenvalue weighted by Crippen LogP contribution is -2.14. The van der Waals surface area contributed by atoms with E-state index in [-0.39, 0.29) is 0 Å². The molecule has 0 spiro atoms. The second kappa shape index (κ2) is 11.8. The van der Waals surface area contributed by atoms with E-state index in [0.717, 1.165) is 5.69 Å². The molecule has 0 radical (unpaired) electrons. The lowest BCUT2D eigenvalue weighted by Gasteiger charge is -2.33. The van der Waals surface area contributed by atoms with Gasteiger partial charge in [0.05, 0.1) is 11.4 Å². The molecule has 1 aliphatic rings. The molecule has 0 saturated heterocycles. The maximum Gasteiger partial charge on any atom is 0.0601 e. The Labute approximate surface area is 296 Å². The first-order valence-corrected chi connectivity index (χ1v) is 17.9. The fourth-order valence-corrected chi connectivity index (χ4v) is 8.79. The van der Waals surface area contributed by atoms with Crippen LogP contribution >= 0.6 is 11.8 Å². The maximum atomic E-state index is 2.45. The molecular formula is C48H31NS. The third kappa shape index (κ3) is 4.72. The molecule has 0 unspecified atom stereocenters. The van der Waals surface area contributed by atoms with Gasteiger partial charge in [0.1, 0.15) is 0 Å². The minimum atomic E-state index is 1.14. The van der Waals surface area contributed by atoms with Crippen molar-refractivity contribution in [3.05, 3.63) is 188 Å². The van der Waals surface area contributed by atoms with E-state index < -0.39 is 0 Å². The average molecular weight is 654 g/mol. The summed E-state index contributed by atoms with van der Waals surface area (Å²) in [4.78, 5) is 4.96. The molecule has 9 aromatic carbocycles. The van der Waals surface area contributed by atoms with Crippen molar-refractivity contribution < 1.29 is 0 Å². The summed E-state index contributed by atoms with van der Waals surface area (Å²) in [5, 5.41) is 7.72. The first-order chi connectivity index (χ1) is 24.8. The monoisotopic (exact) mass is 653 g/mol. The SMILES string of the molecule is c1ccc(-c2ccccc2-c2cc(-c3ccc4c5ccccc5c5ccccc5c4c3)cc(N3c4ccccc4Sc4ccccc43)c2)cc1. The second-order valence-corrected chi connectivity index (χ2v) is 14.0. The molecule has 0 aliphatic carbocycles. The van der Waals surface area contributed by atoms with Gasteiger partial charge in [-0.3, -0.25) is 0 Å². The first-order valence-electron chi connectivity index (χ1n) is 17.1. The fraction of sp³-hybridized carbons (Fsp3) is 0. The topological polar surface area (TPSA) is 3.24 Å². The maximum absolute atomic E-state index is 2.45. The Bertz CT molecular complexity index is 2670. The van der Waals surface area contributed by atoms with E-state index >= 15 is 0 Å². The predicted molar refractivity (Wildman–Crippen MR) is 214 cm³/mol. The number of anilines is 3. The number of fused-ring (bicyclic) bond motifs is 8. The van der Waals surface area contributed by atoms with Crippen LogP contribution in [0.15, 0.2) is 198 Å². The van der Waals surface area contributed by atoms with Crippen LogP contribution in [0.1, 0.15) is 0 Å². The molecule has 9 aromatic rings. The van der Waals surface area contributed by atoms with Crippen LogP contribution in [0.5, 0.6) is 0 Å². The Kier molecular flexibility index (Phi) is 6.82. The third-order valence-electron chi connectivity index (χ3n) is 10.0. The van der Waals surface area contributed by atoms with Gasteiger partial charge < -0.3 is 4.90 Å². The Hall–Kier alpha value is -6.09. The summed E-state index contributed by atoms with van der Waals surface area (Å²) in [5.41, 5.74) is 10.8. The summed E-state index contributed by atoms with van der Waals surface area (Å²) in [7, 11) is 0. The minimum absolute atomic E-state index is 1.14. The van der Waals surface area contributed by atoms with Crippen molar-refractivity contribution in [3.8, 4) is 33.4 Å². The smallest absolute Gasteiger partial charge is 0.0601 e. The summed E-state index contributed by atoms with van der Waals surface area (Å²) in [5.74, 6) is 0. The van der Waals surface area contributed by atoms with Gasteiger partial charge in [0.25, 0.3) is 0 Å². The van der Waals surface area contributed by atoms with Crippen LogP contribution in [0.4, 0.5) is 17.1 Å². The number of para-hydroxylation sites is 2. The van der Waals surface area contributed by atoms with Crippen molar-refractivity contribution in [3.63, 3.8) is 0 Å². The standard InChI is InChI=1S/C48H31NS/c1-2-14-32(15-3-1)37-16-4-5-17-38(37)35-28-34(29-36(30-35)49-45-22-10-12-24-47(45)50-48-25-13-11-23-46(48)49)33-26-27-43-41-20-7-6-18-39(41)40-19-8-9-21-42(40)44(43)31-33/h1-31H. The van der Waals surface area contributed by atoms with Crippen LogP contribution < -0.4 is 4.90 Å². The van der Waals surface area contributed by atoms with Gasteiger partial charge >= 0.3 is 0 Å². The number of rotatable bonds is 4. The van der Waals surface area contributed by atoms with Crippen LogP contribution in [0.2, 0.25) is 0 Å². The van der Waals surface area contributed by atoms with Gasteiger partial charge in [-0.2, -0.15) is 0 Å². The van der Waals surface area contributed by atoms with Crippen LogP contribution in [0, 0.1) is 0 Å². The largest absolute Gasteiger partial charge is 0.308 e. The van der Waals surface area contributed by atoms with E-state index in [1.165, 1.54) is 86.9 Å². The van der Waals surface area contributed by atoms with Crippen molar-refractivity contribution in [2.75, 3.05) is 4.90 Å². The molecule has 0 aromatic heterocycles. The van der Waals surface area contributed by atoms with Crippen LogP contribution in [0.25, 0.3) is 65.7 Å². The Morgan fingerprint density at radius 2 is 0.780 bits per heavy atom. The zero-order valence-corrected chi connectivity index (χ0v) is 28.1. The summed E-state index contributed by atoms with van der Waals surface area (Å²) in [6.07, 6.45) is 0. The Balaban J connectivity index is 1.25. The summed E-state index contributed by atoms with van der Waals surface area (Å²) in [6.45, 7) is 0. The van der Waals surface area contributed by atoms with Crippen molar-refractivity contribution in [2.45, 2.75) is 9.79 Å². The lowest BCUT2D eigenvalue weighted by molar-refractivity contribution is 1.17. The predicted octanol–water partition coefficient (Wildman–Crippen LogP) is 14.1. The lowest BCUT2D eigenvalue weighted by atomic mass is 9.90. The molecule has 10 rings (SSSR count). The molecule has 2 heteroatoms. The molecule has 1 heterocycles. The Morgan fingerprint density at radius 3 is 1.42 bits per heavy atom. The van der Waals surface area contributed by atoms with Gasteiger partial charge in [-0.1, -0.05) is 151 Å². The number of hydrogen-bond acceptors (Lipinski definition) is 2. The molecule has 0 fully saturated rings. The van der Waals surface area contributed by atoms with Crippen molar-refractivity contribution >= 4 is 61.1 Å². The van der Waals surface area contributed by atoms with E-state index in [1.54, 1.807) is 0 Å². The zero-order chi connectivity index (χ0) is 33.0. The second-order valence-electron chi connectivity index (χ2n) is 12.9. The number of nitrogens with zero attached hydrogens (tertiary/aromatic N) is 1. The summed E-state index contributed by atoms with van der Waals surface area (Å²) < 4.78 is 0. The molecule has 1 nitrogen and oxygen atoms in total. The molecule has 1 aliphatic heterocycles. The van der Waals surface area contributed by atoms with Gasteiger partial charge in [0.2, 0.25) is 0 Å². The highest BCUT2D eigenvalue weighted by Crippen LogP contribution is 2.52. The normalized spacial score (nSPS) is 12.3. The molecular weight excluding hydrogens is 623 g/mol. The summed E-state index contributed by atoms with van der Waals surface area (Å²) >= 11 is 1.84.